The fourth-order valence-electron chi connectivity index (χ4n) is 2.85. The molecule has 1 unspecified atom stereocenters. The standard InChI is InChI=1S/C11H20N2O3S/c1-3-13(17(2,15)16)8-10-11(14)9-4-6-12(10)7-5-9/h9-10H,3-8H2,1-2H3. The molecule has 98 valence electrons. The number of rotatable bonds is 4. The quantitative estimate of drug-likeness (QED) is 0.710. The molecule has 0 saturated carbocycles. The number of hydrogen-bond acceptors (Lipinski definition) is 4. The molecule has 3 saturated heterocycles. The Morgan fingerprint density at radius 3 is 2.35 bits per heavy atom. The summed E-state index contributed by atoms with van der Waals surface area (Å²) < 4.78 is 24.5. The zero-order chi connectivity index (χ0) is 12.6. The molecule has 5 nitrogen and oxygen atoms in total. The highest BCUT2D eigenvalue weighted by Crippen LogP contribution is 2.29. The molecule has 1 atom stereocenters. The fraction of sp³-hybridized carbons (Fsp3) is 0.909. The Balaban J connectivity index is 2.10. The van der Waals surface area contributed by atoms with E-state index >= 15 is 0 Å². The number of Topliss-reactive ketones (excluding diaryl/α,β-unsaturated/α-hetero) is 1. The largest absolute Gasteiger partial charge is 0.298 e. The van der Waals surface area contributed by atoms with E-state index in [0.29, 0.717) is 13.1 Å². The molecule has 0 spiro atoms. The predicted molar refractivity (Wildman–Crippen MR) is 65.2 cm³/mol. The van der Waals surface area contributed by atoms with Gasteiger partial charge in [0.1, 0.15) is 0 Å². The van der Waals surface area contributed by atoms with Crippen molar-refractivity contribution in [1.29, 1.82) is 0 Å². The Labute approximate surface area is 103 Å². The van der Waals surface area contributed by atoms with Gasteiger partial charge in [-0.25, -0.2) is 12.7 Å². The van der Waals surface area contributed by atoms with E-state index in [-0.39, 0.29) is 17.7 Å². The molecule has 0 amide bonds. The Hall–Kier alpha value is -0.460. The van der Waals surface area contributed by atoms with Gasteiger partial charge < -0.3 is 0 Å². The van der Waals surface area contributed by atoms with Crippen LogP contribution in [0.5, 0.6) is 0 Å². The van der Waals surface area contributed by atoms with E-state index < -0.39 is 10.0 Å². The van der Waals surface area contributed by atoms with E-state index in [9.17, 15) is 13.2 Å². The van der Waals surface area contributed by atoms with E-state index in [0.717, 1.165) is 25.9 Å². The third-order valence-electron chi connectivity index (χ3n) is 3.90. The van der Waals surface area contributed by atoms with Gasteiger partial charge in [-0.05, 0) is 25.9 Å². The van der Waals surface area contributed by atoms with Gasteiger partial charge in [-0.3, -0.25) is 9.69 Å². The van der Waals surface area contributed by atoms with Crippen LogP contribution in [0, 0.1) is 5.92 Å². The first-order valence-corrected chi connectivity index (χ1v) is 8.01. The number of piperidine rings is 3. The topological polar surface area (TPSA) is 57.7 Å². The average molecular weight is 260 g/mol. The number of ketones is 1. The zero-order valence-electron chi connectivity index (χ0n) is 10.4. The lowest BCUT2D eigenvalue weighted by atomic mass is 9.82. The number of sulfonamides is 1. The van der Waals surface area contributed by atoms with Crippen molar-refractivity contribution < 1.29 is 13.2 Å². The molecular weight excluding hydrogens is 240 g/mol. The minimum absolute atomic E-state index is 0.170. The van der Waals surface area contributed by atoms with Gasteiger partial charge in [0.05, 0.1) is 12.3 Å². The summed E-state index contributed by atoms with van der Waals surface area (Å²) in [6, 6.07) is -0.211. The van der Waals surface area contributed by atoms with Crippen LogP contribution in [0.3, 0.4) is 0 Å². The highest BCUT2D eigenvalue weighted by Gasteiger charge is 2.42. The predicted octanol–water partition coefficient (Wildman–Crippen LogP) is -0.0688. The van der Waals surface area contributed by atoms with Gasteiger partial charge in [0.25, 0.3) is 0 Å². The van der Waals surface area contributed by atoms with Gasteiger partial charge in [-0.15, -0.1) is 0 Å². The summed E-state index contributed by atoms with van der Waals surface area (Å²) >= 11 is 0. The van der Waals surface area contributed by atoms with E-state index in [1.165, 1.54) is 10.6 Å². The minimum Gasteiger partial charge on any atom is -0.298 e. The summed E-state index contributed by atoms with van der Waals surface area (Å²) in [5, 5.41) is 0. The van der Waals surface area contributed by atoms with Crippen LogP contribution in [0.1, 0.15) is 19.8 Å². The third kappa shape index (κ3) is 2.53. The summed E-state index contributed by atoms with van der Waals surface area (Å²) in [5.74, 6) is 0.410. The van der Waals surface area contributed by atoms with Gasteiger partial charge in [0, 0.05) is 19.0 Å². The van der Waals surface area contributed by atoms with Crippen LogP contribution in [0.25, 0.3) is 0 Å². The second-order valence-corrected chi connectivity index (χ2v) is 6.92. The molecule has 2 bridgehead atoms. The van der Waals surface area contributed by atoms with E-state index in [4.69, 9.17) is 0 Å². The van der Waals surface area contributed by atoms with Gasteiger partial charge in [0.2, 0.25) is 10.0 Å². The first-order chi connectivity index (χ1) is 7.93. The van der Waals surface area contributed by atoms with Crippen LogP contribution in [0.15, 0.2) is 0 Å². The summed E-state index contributed by atoms with van der Waals surface area (Å²) in [6.07, 6.45) is 3.10. The number of hydrogen-bond donors (Lipinski definition) is 0. The minimum atomic E-state index is -3.20. The molecular formula is C11H20N2O3S. The van der Waals surface area contributed by atoms with Crippen molar-refractivity contribution in [2.24, 2.45) is 5.92 Å². The van der Waals surface area contributed by atoms with Crippen molar-refractivity contribution in [3.05, 3.63) is 0 Å². The number of carbonyl (C=O) groups excluding carboxylic acids is 1. The Morgan fingerprint density at radius 2 is 1.94 bits per heavy atom. The third-order valence-corrected chi connectivity index (χ3v) is 5.24. The average Bonchev–Trinajstić information content (AvgIpc) is 2.28. The molecule has 0 aromatic rings. The van der Waals surface area contributed by atoms with Crippen LogP contribution in [-0.4, -0.2) is 61.9 Å². The highest BCUT2D eigenvalue weighted by atomic mass is 32.2. The molecule has 3 fully saturated rings. The highest BCUT2D eigenvalue weighted by molar-refractivity contribution is 7.88. The van der Waals surface area contributed by atoms with Crippen LogP contribution in [0.2, 0.25) is 0 Å². The fourth-order valence-corrected chi connectivity index (χ4v) is 3.73. The van der Waals surface area contributed by atoms with Crippen molar-refractivity contribution in [2.75, 3.05) is 32.4 Å². The summed E-state index contributed by atoms with van der Waals surface area (Å²) in [7, 11) is -3.20. The Kier molecular flexibility index (Phi) is 3.56. The van der Waals surface area contributed by atoms with Crippen molar-refractivity contribution in [2.45, 2.75) is 25.8 Å². The molecule has 0 N–H and O–H groups in total. The van der Waals surface area contributed by atoms with Crippen molar-refractivity contribution in [3.63, 3.8) is 0 Å². The zero-order valence-corrected chi connectivity index (χ0v) is 11.2. The Morgan fingerprint density at radius 1 is 1.35 bits per heavy atom. The molecule has 6 heteroatoms. The number of likely N-dealkylation sites (N-methyl/N-ethyl adjacent to an activating group) is 1. The maximum Gasteiger partial charge on any atom is 0.211 e. The molecule has 0 aromatic carbocycles. The van der Waals surface area contributed by atoms with Crippen molar-refractivity contribution >= 4 is 15.8 Å². The van der Waals surface area contributed by atoms with E-state index in [1.807, 2.05) is 6.92 Å². The van der Waals surface area contributed by atoms with Gasteiger partial charge in [-0.1, -0.05) is 6.92 Å². The molecule has 0 aromatic heterocycles. The maximum absolute atomic E-state index is 12.1. The van der Waals surface area contributed by atoms with Gasteiger partial charge in [0.15, 0.2) is 5.78 Å². The summed E-state index contributed by atoms with van der Waals surface area (Å²) in [5.41, 5.74) is 0. The van der Waals surface area contributed by atoms with Crippen molar-refractivity contribution in [3.8, 4) is 0 Å². The number of nitrogens with zero attached hydrogens (tertiary/aromatic N) is 2. The molecule has 3 rings (SSSR count). The normalized spacial score (nSPS) is 33.4. The summed E-state index contributed by atoms with van der Waals surface area (Å²) in [6.45, 7) is 4.43. The lowest BCUT2D eigenvalue weighted by Gasteiger charge is -2.45. The SMILES string of the molecule is CCN(CC1C(=O)C2CCN1CC2)S(C)(=O)=O. The number of carbonyl (C=O) groups is 1. The van der Waals surface area contributed by atoms with Crippen LogP contribution in [-0.2, 0) is 14.8 Å². The molecule has 0 aliphatic carbocycles. The first kappa shape index (κ1) is 13.0. The molecule has 3 aliphatic heterocycles. The van der Waals surface area contributed by atoms with Crippen LogP contribution < -0.4 is 0 Å². The monoisotopic (exact) mass is 260 g/mol. The second kappa shape index (κ2) is 4.66. The molecule has 0 radical (unpaired) electrons. The second-order valence-electron chi connectivity index (χ2n) is 4.94. The Bertz CT molecular complexity index is 399. The lowest BCUT2D eigenvalue weighted by Crippen LogP contribution is -2.59. The van der Waals surface area contributed by atoms with E-state index in [1.54, 1.807) is 0 Å². The molecule has 3 heterocycles. The van der Waals surface area contributed by atoms with Crippen molar-refractivity contribution in [1.82, 2.24) is 9.21 Å². The van der Waals surface area contributed by atoms with Gasteiger partial charge in [-0.2, -0.15) is 0 Å². The smallest absolute Gasteiger partial charge is 0.211 e. The van der Waals surface area contributed by atoms with Crippen LogP contribution >= 0.6 is 0 Å². The first-order valence-electron chi connectivity index (χ1n) is 6.16. The van der Waals surface area contributed by atoms with E-state index in [2.05, 4.69) is 4.90 Å². The lowest BCUT2D eigenvalue weighted by molar-refractivity contribution is -0.137. The molecule has 3 aliphatic rings. The maximum atomic E-state index is 12.1. The summed E-state index contributed by atoms with van der Waals surface area (Å²) in [4.78, 5) is 14.2. The van der Waals surface area contributed by atoms with Gasteiger partial charge >= 0.3 is 0 Å². The number of fused-ring (bicyclic) bond motifs is 3. The molecule has 17 heavy (non-hydrogen) atoms. The van der Waals surface area contributed by atoms with Crippen LogP contribution in [0.4, 0.5) is 0 Å².